The van der Waals surface area contributed by atoms with Gasteiger partial charge in [-0.15, -0.1) is 24.0 Å². The van der Waals surface area contributed by atoms with Gasteiger partial charge in [-0.1, -0.05) is 26.0 Å². The van der Waals surface area contributed by atoms with Crippen molar-refractivity contribution >= 4 is 29.9 Å². The molecule has 28 heavy (non-hydrogen) atoms. The van der Waals surface area contributed by atoms with Gasteiger partial charge in [0.2, 0.25) is 0 Å². The third-order valence-corrected chi connectivity index (χ3v) is 5.87. The summed E-state index contributed by atoms with van der Waals surface area (Å²) in [6, 6.07) is 7.45. The Balaban J connectivity index is 0.00000280. The lowest BCUT2D eigenvalue weighted by atomic mass is 9.96. The minimum absolute atomic E-state index is 0. The van der Waals surface area contributed by atoms with E-state index in [0.29, 0.717) is 12.0 Å². The Morgan fingerprint density at radius 3 is 2.54 bits per heavy atom. The van der Waals surface area contributed by atoms with Crippen LogP contribution in [0.2, 0.25) is 0 Å². The lowest BCUT2D eigenvalue weighted by Crippen LogP contribution is -2.53. The van der Waals surface area contributed by atoms with Crippen molar-refractivity contribution in [3.05, 3.63) is 35.6 Å². The second-order valence-electron chi connectivity index (χ2n) is 8.06. The summed E-state index contributed by atoms with van der Waals surface area (Å²) < 4.78 is 19.1. The van der Waals surface area contributed by atoms with Gasteiger partial charge < -0.3 is 15.4 Å². The summed E-state index contributed by atoms with van der Waals surface area (Å²) in [7, 11) is 1.80. The smallest absolute Gasteiger partial charge is 0.191 e. The van der Waals surface area contributed by atoms with Gasteiger partial charge in [0.05, 0.1) is 13.2 Å². The fourth-order valence-electron chi connectivity index (χ4n) is 3.91. The van der Waals surface area contributed by atoms with Crippen molar-refractivity contribution < 1.29 is 9.13 Å². The first-order valence-electron chi connectivity index (χ1n) is 10.1. The normalized spacial score (nSPS) is 20.4. The number of ether oxygens (including phenoxy) is 1. The van der Waals surface area contributed by atoms with Crippen LogP contribution < -0.4 is 10.6 Å². The van der Waals surface area contributed by atoms with E-state index in [0.717, 1.165) is 63.8 Å². The molecule has 1 aromatic carbocycles. The van der Waals surface area contributed by atoms with Gasteiger partial charge in [0.15, 0.2) is 5.96 Å². The third kappa shape index (κ3) is 6.03. The number of rotatable bonds is 7. The van der Waals surface area contributed by atoms with Crippen molar-refractivity contribution in [2.75, 3.05) is 46.4 Å². The van der Waals surface area contributed by atoms with Gasteiger partial charge in [-0.05, 0) is 36.5 Å². The lowest BCUT2D eigenvalue weighted by Gasteiger charge is -2.37. The van der Waals surface area contributed by atoms with Crippen molar-refractivity contribution in [2.24, 2.45) is 10.9 Å². The average Bonchev–Trinajstić information content (AvgIpc) is 3.46. The molecule has 7 heteroatoms. The van der Waals surface area contributed by atoms with Crippen LogP contribution in [-0.4, -0.2) is 63.3 Å². The molecule has 2 fully saturated rings. The minimum atomic E-state index is -0.161. The number of guanidine groups is 1. The molecule has 1 aliphatic heterocycles. The standard InChI is InChI=1S/C21H33FN4O.HI/c1-16(2)19(26-9-11-27-12-10-26)14-24-20(23-3)25-15-21(7-8-21)17-5-4-6-18(22)13-17;/h4-6,13,16,19H,7-12,14-15H2,1-3H3,(H2,23,24,25);1H. The summed E-state index contributed by atoms with van der Waals surface area (Å²) in [5, 5.41) is 6.95. The Morgan fingerprint density at radius 1 is 1.25 bits per heavy atom. The Hall–Kier alpha value is -0.930. The molecule has 1 aromatic rings. The molecule has 1 heterocycles. The zero-order chi connectivity index (χ0) is 19.3. The molecule has 2 N–H and O–H groups in total. The largest absolute Gasteiger partial charge is 0.379 e. The monoisotopic (exact) mass is 504 g/mol. The second-order valence-corrected chi connectivity index (χ2v) is 8.06. The predicted octanol–water partition coefficient (Wildman–Crippen LogP) is 3.00. The number of morpholine rings is 1. The van der Waals surface area contributed by atoms with Gasteiger partial charge in [-0.3, -0.25) is 9.89 Å². The number of benzene rings is 1. The van der Waals surface area contributed by atoms with Gasteiger partial charge in [-0.2, -0.15) is 0 Å². The number of nitrogens with one attached hydrogen (secondary N) is 2. The van der Waals surface area contributed by atoms with Crippen molar-refractivity contribution in [2.45, 2.75) is 38.1 Å². The topological polar surface area (TPSA) is 48.9 Å². The maximum atomic E-state index is 13.6. The molecular formula is C21H34FIN4O. The van der Waals surface area contributed by atoms with Gasteiger partial charge in [0.1, 0.15) is 5.82 Å². The highest BCUT2D eigenvalue weighted by Gasteiger charge is 2.44. The Morgan fingerprint density at radius 2 is 1.96 bits per heavy atom. The zero-order valence-corrected chi connectivity index (χ0v) is 19.5. The van der Waals surface area contributed by atoms with Crippen LogP contribution >= 0.6 is 24.0 Å². The molecule has 0 amide bonds. The van der Waals surface area contributed by atoms with Crippen LogP contribution in [0.1, 0.15) is 32.3 Å². The summed E-state index contributed by atoms with van der Waals surface area (Å²) in [5.74, 6) is 1.21. The predicted molar refractivity (Wildman–Crippen MR) is 123 cm³/mol. The van der Waals surface area contributed by atoms with Crippen LogP contribution in [0.4, 0.5) is 4.39 Å². The molecule has 1 unspecified atom stereocenters. The molecule has 0 bridgehead atoms. The lowest BCUT2D eigenvalue weighted by molar-refractivity contribution is 0.00752. The molecule has 0 spiro atoms. The van der Waals surface area contributed by atoms with Crippen LogP contribution in [0.25, 0.3) is 0 Å². The first kappa shape index (κ1) is 23.3. The first-order valence-corrected chi connectivity index (χ1v) is 10.1. The van der Waals surface area contributed by atoms with E-state index in [2.05, 4.69) is 34.4 Å². The van der Waals surface area contributed by atoms with Crippen LogP contribution in [0.3, 0.4) is 0 Å². The summed E-state index contributed by atoms with van der Waals surface area (Å²) in [6.45, 7) is 9.75. The molecule has 1 aliphatic carbocycles. The van der Waals surface area contributed by atoms with Crippen molar-refractivity contribution in [3.8, 4) is 0 Å². The third-order valence-electron chi connectivity index (χ3n) is 5.87. The Labute approximate surface area is 185 Å². The van der Waals surface area contributed by atoms with E-state index in [1.54, 1.807) is 19.2 Å². The Kier molecular flexibility index (Phi) is 8.95. The highest BCUT2D eigenvalue weighted by molar-refractivity contribution is 14.0. The molecule has 1 saturated heterocycles. The van der Waals surface area contributed by atoms with Crippen molar-refractivity contribution in [1.82, 2.24) is 15.5 Å². The van der Waals surface area contributed by atoms with E-state index in [-0.39, 0.29) is 35.2 Å². The number of hydrogen-bond acceptors (Lipinski definition) is 3. The fraction of sp³-hybridized carbons (Fsp3) is 0.667. The number of aliphatic imine (C=N–C) groups is 1. The maximum Gasteiger partial charge on any atom is 0.191 e. The second kappa shape index (κ2) is 10.7. The van der Waals surface area contributed by atoms with E-state index in [4.69, 9.17) is 4.74 Å². The number of hydrogen-bond donors (Lipinski definition) is 2. The minimum Gasteiger partial charge on any atom is -0.379 e. The summed E-state index contributed by atoms with van der Waals surface area (Å²) in [5.41, 5.74) is 1.13. The van der Waals surface area contributed by atoms with Crippen LogP contribution in [0.5, 0.6) is 0 Å². The number of halogens is 2. The van der Waals surface area contributed by atoms with Crippen LogP contribution in [0.15, 0.2) is 29.3 Å². The molecule has 0 radical (unpaired) electrons. The molecule has 1 saturated carbocycles. The molecule has 5 nitrogen and oxygen atoms in total. The SMILES string of the molecule is CN=C(NCC(C(C)C)N1CCOCC1)NCC1(c2cccc(F)c2)CC1.I. The fourth-order valence-corrected chi connectivity index (χ4v) is 3.91. The molecule has 2 aliphatic rings. The van der Waals surface area contributed by atoms with E-state index in [9.17, 15) is 4.39 Å². The maximum absolute atomic E-state index is 13.6. The van der Waals surface area contributed by atoms with Gasteiger partial charge in [-0.25, -0.2) is 4.39 Å². The van der Waals surface area contributed by atoms with Crippen LogP contribution in [0, 0.1) is 11.7 Å². The molecule has 1 atom stereocenters. The Bertz CT molecular complexity index is 645. The average molecular weight is 504 g/mol. The summed E-state index contributed by atoms with van der Waals surface area (Å²) in [4.78, 5) is 6.89. The molecule has 0 aromatic heterocycles. The van der Waals surface area contributed by atoms with E-state index < -0.39 is 0 Å². The van der Waals surface area contributed by atoms with Gasteiger partial charge in [0.25, 0.3) is 0 Å². The van der Waals surface area contributed by atoms with Gasteiger partial charge >= 0.3 is 0 Å². The molecule has 158 valence electrons. The van der Waals surface area contributed by atoms with Crippen LogP contribution in [-0.2, 0) is 10.2 Å². The highest BCUT2D eigenvalue weighted by atomic mass is 127. The molecular weight excluding hydrogens is 470 g/mol. The molecule has 3 rings (SSSR count). The van der Waals surface area contributed by atoms with Crippen molar-refractivity contribution in [3.63, 3.8) is 0 Å². The number of nitrogens with zero attached hydrogens (tertiary/aromatic N) is 2. The summed E-state index contributed by atoms with van der Waals surface area (Å²) >= 11 is 0. The first-order chi connectivity index (χ1) is 13.0. The quantitative estimate of drug-likeness (QED) is 0.341. The van der Waals surface area contributed by atoms with E-state index >= 15 is 0 Å². The van der Waals surface area contributed by atoms with E-state index in [1.807, 2.05) is 6.07 Å². The highest BCUT2D eigenvalue weighted by Crippen LogP contribution is 2.47. The zero-order valence-electron chi connectivity index (χ0n) is 17.2. The summed E-state index contributed by atoms with van der Waals surface area (Å²) in [6.07, 6.45) is 2.17. The van der Waals surface area contributed by atoms with Crippen molar-refractivity contribution in [1.29, 1.82) is 0 Å². The van der Waals surface area contributed by atoms with E-state index in [1.165, 1.54) is 6.07 Å². The van der Waals surface area contributed by atoms with Gasteiger partial charge in [0, 0.05) is 44.7 Å².